The first-order valence-electron chi connectivity index (χ1n) is 5.09. The summed E-state index contributed by atoms with van der Waals surface area (Å²) in [5.74, 6) is -0.616. The predicted octanol–water partition coefficient (Wildman–Crippen LogP) is 2.89. The second-order valence-corrected chi connectivity index (χ2v) is 3.73. The van der Waals surface area contributed by atoms with E-state index in [-0.39, 0.29) is 5.78 Å². The molecule has 1 unspecified atom stereocenters. The molecule has 1 aromatic rings. The van der Waals surface area contributed by atoms with Crippen molar-refractivity contribution in [3.05, 3.63) is 34.9 Å². The van der Waals surface area contributed by atoms with E-state index in [1.807, 2.05) is 32.0 Å². The van der Waals surface area contributed by atoms with Crippen LogP contribution in [0.5, 0.6) is 0 Å². The van der Waals surface area contributed by atoms with E-state index < -0.39 is 5.92 Å². The molecule has 0 spiro atoms. The van der Waals surface area contributed by atoms with Crippen LogP contribution in [0.2, 0.25) is 0 Å². The molecule has 78 valence electrons. The van der Waals surface area contributed by atoms with Crippen LogP contribution in [0.4, 0.5) is 0 Å². The van der Waals surface area contributed by atoms with Gasteiger partial charge in [0.05, 0.1) is 6.07 Å². The lowest BCUT2D eigenvalue weighted by Crippen LogP contribution is -2.09. The van der Waals surface area contributed by atoms with Crippen LogP contribution in [-0.2, 0) is 4.79 Å². The van der Waals surface area contributed by atoms with Crippen molar-refractivity contribution in [3.63, 3.8) is 0 Å². The number of hydrogen-bond donors (Lipinski definition) is 0. The van der Waals surface area contributed by atoms with Crippen LogP contribution >= 0.6 is 0 Å². The fourth-order valence-corrected chi connectivity index (χ4v) is 1.48. The Bertz CT molecular complexity index is 415. The van der Waals surface area contributed by atoms with E-state index in [2.05, 4.69) is 6.07 Å². The Morgan fingerprint density at radius 1 is 1.40 bits per heavy atom. The summed E-state index contributed by atoms with van der Waals surface area (Å²) in [7, 11) is 0. The largest absolute Gasteiger partial charge is 0.298 e. The van der Waals surface area contributed by atoms with E-state index in [1.54, 1.807) is 6.92 Å². The van der Waals surface area contributed by atoms with E-state index >= 15 is 0 Å². The van der Waals surface area contributed by atoms with Crippen molar-refractivity contribution in [2.75, 3.05) is 0 Å². The van der Waals surface area contributed by atoms with Gasteiger partial charge in [0.2, 0.25) is 0 Å². The predicted molar refractivity (Wildman–Crippen MR) is 59.6 cm³/mol. The first-order valence-corrected chi connectivity index (χ1v) is 5.09. The Balaban J connectivity index is 3.09. The number of nitriles is 1. The third-order valence-electron chi connectivity index (χ3n) is 2.66. The van der Waals surface area contributed by atoms with Crippen molar-refractivity contribution in [1.29, 1.82) is 5.26 Å². The zero-order valence-corrected chi connectivity index (χ0v) is 9.37. The molecule has 15 heavy (non-hydrogen) atoms. The van der Waals surface area contributed by atoms with Crippen LogP contribution in [0, 0.1) is 25.2 Å². The second-order valence-electron chi connectivity index (χ2n) is 3.73. The van der Waals surface area contributed by atoms with Gasteiger partial charge in [-0.05, 0) is 30.5 Å². The third kappa shape index (κ3) is 2.44. The van der Waals surface area contributed by atoms with E-state index in [1.165, 1.54) is 5.56 Å². The lowest BCUT2D eigenvalue weighted by Gasteiger charge is -2.09. The standard InChI is InChI=1S/C13H15NO/c1-4-13(15)12(8-14)11-6-5-9(2)10(3)7-11/h5-7,12H,4H2,1-3H3. The van der Waals surface area contributed by atoms with Gasteiger partial charge < -0.3 is 0 Å². The molecule has 1 rings (SSSR count). The van der Waals surface area contributed by atoms with Crippen LogP contribution in [0.3, 0.4) is 0 Å². The van der Waals surface area contributed by atoms with Gasteiger partial charge >= 0.3 is 0 Å². The molecule has 0 saturated heterocycles. The quantitative estimate of drug-likeness (QED) is 0.754. The molecule has 0 aliphatic rings. The Kier molecular flexibility index (Phi) is 3.62. The molecule has 1 atom stereocenters. The summed E-state index contributed by atoms with van der Waals surface area (Å²) < 4.78 is 0. The molecule has 2 heteroatoms. The number of carbonyl (C=O) groups excluding carboxylic acids is 1. The lowest BCUT2D eigenvalue weighted by atomic mass is 9.92. The summed E-state index contributed by atoms with van der Waals surface area (Å²) in [5.41, 5.74) is 3.11. The molecule has 0 aliphatic carbocycles. The Morgan fingerprint density at radius 2 is 2.07 bits per heavy atom. The van der Waals surface area contributed by atoms with Crippen molar-refractivity contribution in [2.45, 2.75) is 33.1 Å². The van der Waals surface area contributed by atoms with Crippen molar-refractivity contribution in [2.24, 2.45) is 0 Å². The summed E-state index contributed by atoms with van der Waals surface area (Å²) >= 11 is 0. The van der Waals surface area contributed by atoms with Crippen molar-refractivity contribution < 1.29 is 4.79 Å². The van der Waals surface area contributed by atoms with E-state index in [0.29, 0.717) is 6.42 Å². The molecule has 0 radical (unpaired) electrons. The summed E-state index contributed by atoms with van der Waals surface area (Å²) in [6.45, 7) is 5.79. The molecule has 0 aliphatic heterocycles. The number of aryl methyl sites for hydroxylation is 2. The van der Waals surface area contributed by atoms with Gasteiger partial charge in [-0.3, -0.25) is 4.79 Å². The molecule has 0 amide bonds. The number of hydrogen-bond acceptors (Lipinski definition) is 2. The van der Waals surface area contributed by atoms with Crippen LogP contribution < -0.4 is 0 Å². The highest BCUT2D eigenvalue weighted by molar-refractivity contribution is 5.88. The molecule has 0 N–H and O–H groups in total. The molecule has 2 nitrogen and oxygen atoms in total. The molecule has 0 bridgehead atoms. The highest BCUT2D eigenvalue weighted by atomic mass is 16.1. The van der Waals surface area contributed by atoms with Gasteiger partial charge in [-0.25, -0.2) is 0 Å². The van der Waals surface area contributed by atoms with E-state index in [4.69, 9.17) is 5.26 Å². The van der Waals surface area contributed by atoms with Gasteiger partial charge in [-0.2, -0.15) is 5.26 Å². The molecule has 1 aromatic carbocycles. The average molecular weight is 201 g/mol. The highest BCUT2D eigenvalue weighted by Crippen LogP contribution is 2.20. The summed E-state index contributed by atoms with van der Waals surface area (Å²) in [6.07, 6.45) is 0.408. The first-order chi connectivity index (χ1) is 7.10. The van der Waals surface area contributed by atoms with Gasteiger partial charge in [-0.15, -0.1) is 0 Å². The monoisotopic (exact) mass is 201 g/mol. The molecule has 0 saturated carbocycles. The number of ketones is 1. The highest BCUT2D eigenvalue weighted by Gasteiger charge is 2.18. The smallest absolute Gasteiger partial charge is 0.154 e. The number of rotatable bonds is 3. The van der Waals surface area contributed by atoms with Crippen LogP contribution in [-0.4, -0.2) is 5.78 Å². The van der Waals surface area contributed by atoms with E-state index in [0.717, 1.165) is 11.1 Å². The molecule has 0 heterocycles. The Labute approximate surface area is 90.5 Å². The SMILES string of the molecule is CCC(=O)C(C#N)c1ccc(C)c(C)c1. The summed E-state index contributed by atoms with van der Waals surface area (Å²) in [4.78, 5) is 11.5. The topological polar surface area (TPSA) is 40.9 Å². The van der Waals surface area contributed by atoms with Gasteiger partial charge in [0, 0.05) is 6.42 Å². The maximum absolute atomic E-state index is 11.5. The summed E-state index contributed by atoms with van der Waals surface area (Å²) in [5, 5.41) is 8.97. The summed E-state index contributed by atoms with van der Waals surface area (Å²) in [6, 6.07) is 7.81. The minimum atomic E-state index is -0.603. The van der Waals surface area contributed by atoms with Gasteiger partial charge in [0.25, 0.3) is 0 Å². The fourth-order valence-electron chi connectivity index (χ4n) is 1.48. The number of Topliss-reactive ketones (excluding diaryl/α,β-unsaturated/α-hetero) is 1. The van der Waals surface area contributed by atoms with Crippen molar-refractivity contribution >= 4 is 5.78 Å². The van der Waals surface area contributed by atoms with Crippen molar-refractivity contribution in [3.8, 4) is 6.07 Å². The number of carbonyl (C=O) groups is 1. The zero-order chi connectivity index (χ0) is 11.4. The molecule has 0 aromatic heterocycles. The van der Waals surface area contributed by atoms with Gasteiger partial charge in [0.1, 0.15) is 5.92 Å². The fraction of sp³-hybridized carbons (Fsp3) is 0.385. The average Bonchev–Trinajstić information content (AvgIpc) is 2.24. The third-order valence-corrected chi connectivity index (χ3v) is 2.66. The van der Waals surface area contributed by atoms with Gasteiger partial charge in [0.15, 0.2) is 5.78 Å². The maximum atomic E-state index is 11.5. The van der Waals surface area contributed by atoms with E-state index in [9.17, 15) is 4.79 Å². The number of benzene rings is 1. The van der Waals surface area contributed by atoms with Crippen LogP contribution in [0.1, 0.15) is 36.0 Å². The molecule has 0 fully saturated rings. The van der Waals surface area contributed by atoms with Gasteiger partial charge in [-0.1, -0.05) is 25.1 Å². The van der Waals surface area contributed by atoms with Crippen molar-refractivity contribution in [1.82, 2.24) is 0 Å². The molecular formula is C13H15NO. The van der Waals surface area contributed by atoms with Crippen LogP contribution in [0.25, 0.3) is 0 Å². The minimum absolute atomic E-state index is 0.0132. The Hall–Kier alpha value is -1.62. The normalized spacial score (nSPS) is 11.9. The number of nitrogens with zero attached hydrogens (tertiary/aromatic N) is 1. The minimum Gasteiger partial charge on any atom is -0.298 e. The molecular weight excluding hydrogens is 186 g/mol. The second kappa shape index (κ2) is 4.75. The first kappa shape index (κ1) is 11.5. The lowest BCUT2D eigenvalue weighted by molar-refractivity contribution is -0.119. The zero-order valence-electron chi connectivity index (χ0n) is 9.37. The Morgan fingerprint density at radius 3 is 2.53 bits per heavy atom. The van der Waals surface area contributed by atoms with Crippen LogP contribution in [0.15, 0.2) is 18.2 Å². The maximum Gasteiger partial charge on any atom is 0.154 e.